The smallest absolute Gasteiger partial charge is 0.341 e. The average Bonchev–Trinajstić information content (AvgIpc) is 2.40. The molecule has 2 heterocycles. The molecule has 0 atom stereocenters. The van der Waals surface area contributed by atoms with E-state index in [1.54, 1.807) is 18.3 Å². The molecular formula is C14H20N2O2. The quantitative estimate of drug-likeness (QED) is 0.771. The number of esters is 1. The van der Waals surface area contributed by atoms with E-state index in [2.05, 4.69) is 16.8 Å². The topological polar surface area (TPSA) is 42.4 Å². The van der Waals surface area contributed by atoms with Crippen molar-refractivity contribution in [2.45, 2.75) is 26.7 Å². The minimum absolute atomic E-state index is 0.278. The Labute approximate surface area is 108 Å². The molecule has 0 amide bonds. The third-order valence-corrected chi connectivity index (χ3v) is 3.37. The van der Waals surface area contributed by atoms with Crippen molar-refractivity contribution < 1.29 is 9.53 Å². The minimum Gasteiger partial charge on any atom is -0.462 e. The van der Waals surface area contributed by atoms with Crippen LogP contribution in [0.4, 0.5) is 5.82 Å². The van der Waals surface area contributed by atoms with Crippen LogP contribution in [-0.4, -0.2) is 30.6 Å². The number of pyridine rings is 1. The molecule has 4 nitrogen and oxygen atoms in total. The second-order valence-electron chi connectivity index (χ2n) is 4.76. The van der Waals surface area contributed by atoms with Crippen molar-refractivity contribution in [3.05, 3.63) is 23.9 Å². The second kappa shape index (κ2) is 5.85. The number of nitrogens with zero attached hydrogens (tertiary/aromatic N) is 2. The van der Waals surface area contributed by atoms with E-state index in [-0.39, 0.29) is 5.97 Å². The maximum Gasteiger partial charge on any atom is 0.341 e. The Balaban J connectivity index is 2.19. The molecule has 0 spiro atoms. The highest BCUT2D eigenvalue weighted by atomic mass is 16.5. The van der Waals surface area contributed by atoms with Crippen LogP contribution in [-0.2, 0) is 4.74 Å². The van der Waals surface area contributed by atoms with E-state index in [0.29, 0.717) is 12.2 Å². The Morgan fingerprint density at radius 2 is 2.22 bits per heavy atom. The highest BCUT2D eigenvalue weighted by Gasteiger charge is 2.22. The van der Waals surface area contributed by atoms with E-state index < -0.39 is 0 Å². The molecule has 1 fully saturated rings. The van der Waals surface area contributed by atoms with Crippen LogP contribution in [0.3, 0.4) is 0 Å². The van der Waals surface area contributed by atoms with E-state index in [4.69, 9.17) is 4.74 Å². The first-order valence-electron chi connectivity index (χ1n) is 6.59. The lowest BCUT2D eigenvalue weighted by Gasteiger charge is -2.32. The molecule has 0 unspecified atom stereocenters. The van der Waals surface area contributed by atoms with Crippen LogP contribution in [0.15, 0.2) is 18.3 Å². The third kappa shape index (κ3) is 2.81. The normalized spacial score (nSPS) is 16.7. The third-order valence-electron chi connectivity index (χ3n) is 3.37. The standard InChI is InChI=1S/C14H20N2O2/c1-3-18-14(17)12-5-4-8-15-13(12)16-9-6-11(2)7-10-16/h4-5,8,11H,3,6-7,9-10H2,1-2H3. The number of aromatic nitrogens is 1. The summed E-state index contributed by atoms with van der Waals surface area (Å²) in [7, 11) is 0. The zero-order chi connectivity index (χ0) is 13.0. The van der Waals surface area contributed by atoms with Crippen molar-refractivity contribution in [3.63, 3.8) is 0 Å². The molecule has 0 radical (unpaired) electrons. The van der Waals surface area contributed by atoms with E-state index in [9.17, 15) is 4.79 Å². The summed E-state index contributed by atoms with van der Waals surface area (Å²) < 4.78 is 5.07. The summed E-state index contributed by atoms with van der Waals surface area (Å²) in [5.74, 6) is 1.25. The van der Waals surface area contributed by atoms with Crippen molar-refractivity contribution in [2.24, 2.45) is 5.92 Å². The first kappa shape index (κ1) is 12.9. The Morgan fingerprint density at radius 1 is 1.50 bits per heavy atom. The molecule has 98 valence electrons. The predicted octanol–water partition coefficient (Wildman–Crippen LogP) is 2.49. The van der Waals surface area contributed by atoms with Crippen molar-refractivity contribution in [1.82, 2.24) is 4.98 Å². The van der Waals surface area contributed by atoms with Gasteiger partial charge in [0.2, 0.25) is 0 Å². The van der Waals surface area contributed by atoms with E-state index in [1.807, 2.05) is 6.92 Å². The number of hydrogen-bond donors (Lipinski definition) is 0. The van der Waals surface area contributed by atoms with Crippen LogP contribution in [0, 0.1) is 5.92 Å². The van der Waals surface area contributed by atoms with Gasteiger partial charge in [-0.05, 0) is 37.8 Å². The maximum absolute atomic E-state index is 11.9. The van der Waals surface area contributed by atoms with Crippen LogP contribution in [0.5, 0.6) is 0 Å². The first-order chi connectivity index (χ1) is 8.72. The summed E-state index contributed by atoms with van der Waals surface area (Å²) >= 11 is 0. The summed E-state index contributed by atoms with van der Waals surface area (Å²) in [6.07, 6.45) is 4.04. The second-order valence-corrected chi connectivity index (χ2v) is 4.76. The fourth-order valence-corrected chi connectivity index (χ4v) is 2.24. The van der Waals surface area contributed by atoms with Crippen molar-refractivity contribution in [3.8, 4) is 0 Å². The van der Waals surface area contributed by atoms with Gasteiger partial charge in [0.1, 0.15) is 11.4 Å². The minimum atomic E-state index is -0.278. The molecule has 0 bridgehead atoms. The lowest BCUT2D eigenvalue weighted by atomic mass is 9.99. The summed E-state index contributed by atoms with van der Waals surface area (Å²) in [6, 6.07) is 3.57. The number of piperidine rings is 1. The van der Waals surface area contributed by atoms with Gasteiger partial charge < -0.3 is 9.64 Å². The van der Waals surface area contributed by atoms with Gasteiger partial charge in [0.15, 0.2) is 0 Å². The Bertz CT molecular complexity index is 412. The van der Waals surface area contributed by atoms with Gasteiger partial charge in [0.25, 0.3) is 0 Å². The van der Waals surface area contributed by atoms with Gasteiger partial charge in [-0.2, -0.15) is 0 Å². The van der Waals surface area contributed by atoms with Crippen LogP contribution >= 0.6 is 0 Å². The number of ether oxygens (including phenoxy) is 1. The fraction of sp³-hybridized carbons (Fsp3) is 0.571. The van der Waals surface area contributed by atoms with Gasteiger partial charge >= 0.3 is 5.97 Å². The van der Waals surface area contributed by atoms with Crippen LogP contribution in [0.25, 0.3) is 0 Å². The SMILES string of the molecule is CCOC(=O)c1cccnc1N1CCC(C)CC1. The van der Waals surface area contributed by atoms with Crippen molar-refractivity contribution in [2.75, 3.05) is 24.6 Å². The molecule has 0 aliphatic carbocycles. The van der Waals surface area contributed by atoms with Gasteiger partial charge in [0, 0.05) is 19.3 Å². The van der Waals surface area contributed by atoms with Gasteiger partial charge in [-0.25, -0.2) is 9.78 Å². The van der Waals surface area contributed by atoms with Crippen LogP contribution in [0.1, 0.15) is 37.0 Å². The molecular weight excluding hydrogens is 228 g/mol. The van der Waals surface area contributed by atoms with E-state index in [1.165, 1.54) is 0 Å². The largest absolute Gasteiger partial charge is 0.462 e. The summed E-state index contributed by atoms with van der Waals surface area (Å²) in [4.78, 5) is 18.4. The van der Waals surface area contributed by atoms with Crippen molar-refractivity contribution in [1.29, 1.82) is 0 Å². The summed E-state index contributed by atoms with van der Waals surface area (Å²) in [5, 5.41) is 0. The number of carbonyl (C=O) groups excluding carboxylic acids is 1. The molecule has 0 saturated carbocycles. The summed E-state index contributed by atoms with van der Waals surface area (Å²) in [6.45, 7) is 6.40. The Hall–Kier alpha value is -1.58. The fourth-order valence-electron chi connectivity index (χ4n) is 2.24. The Kier molecular flexibility index (Phi) is 4.18. The molecule has 1 aliphatic heterocycles. The molecule has 2 rings (SSSR count). The van der Waals surface area contributed by atoms with Crippen LogP contribution in [0.2, 0.25) is 0 Å². The average molecular weight is 248 g/mol. The van der Waals surface area contributed by atoms with Gasteiger partial charge in [-0.1, -0.05) is 6.92 Å². The molecule has 0 N–H and O–H groups in total. The maximum atomic E-state index is 11.9. The summed E-state index contributed by atoms with van der Waals surface area (Å²) in [5.41, 5.74) is 0.578. The molecule has 1 aliphatic rings. The number of hydrogen-bond acceptors (Lipinski definition) is 4. The molecule has 0 aromatic carbocycles. The molecule has 18 heavy (non-hydrogen) atoms. The van der Waals surface area contributed by atoms with Crippen LogP contribution < -0.4 is 4.90 Å². The molecule has 1 aromatic heterocycles. The number of rotatable bonds is 3. The molecule has 1 saturated heterocycles. The van der Waals surface area contributed by atoms with E-state index >= 15 is 0 Å². The molecule has 1 aromatic rings. The van der Waals surface area contributed by atoms with Crippen molar-refractivity contribution >= 4 is 11.8 Å². The first-order valence-corrected chi connectivity index (χ1v) is 6.59. The lowest BCUT2D eigenvalue weighted by Crippen LogP contribution is -2.34. The Morgan fingerprint density at radius 3 is 2.89 bits per heavy atom. The van der Waals surface area contributed by atoms with Gasteiger partial charge in [-0.15, -0.1) is 0 Å². The van der Waals surface area contributed by atoms with Gasteiger partial charge in [0.05, 0.1) is 6.61 Å². The number of carbonyl (C=O) groups is 1. The monoisotopic (exact) mass is 248 g/mol. The zero-order valence-electron chi connectivity index (χ0n) is 11.1. The molecule has 4 heteroatoms. The number of anilines is 1. The lowest BCUT2D eigenvalue weighted by molar-refractivity contribution is 0.0526. The highest BCUT2D eigenvalue weighted by Crippen LogP contribution is 2.24. The van der Waals surface area contributed by atoms with Gasteiger partial charge in [-0.3, -0.25) is 0 Å². The van der Waals surface area contributed by atoms with E-state index in [0.717, 1.165) is 37.7 Å². The zero-order valence-corrected chi connectivity index (χ0v) is 11.1. The predicted molar refractivity (Wildman–Crippen MR) is 70.8 cm³/mol. The highest BCUT2D eigenvalue weighted by molar-refractivity contribution is 5.94.